The number of amides is 1. The monoisotopic (exact) mass is 250 g/mol. The first-order chi connectivity index (χ1) is 8.66. The van der Waals surface area contributed by atoms with E-state index in [-0.39, 0.29) is 11.7 Å². The second kappa shape index (κ2) is 5.96. The minimum Gasteiger partial charge on any atom is -0.352 e. The van der Waals surface area contributed by atoms with Gasteiger partial charge in [-0.25, -0.2) is 4.39 Å². The van der Waals surface area contributed by atoms with E-state index in [0.717, 1.165) is 25.9 Å². The summed E-state index contributed by atoms with van der Waals surface area (Å²) < 4.78 is 13.3. The van der Waals surface area contributed by atoms with Crippen LogP contribution in [0.2, 0.25) is 0 Å². The second-order valence-electron chi connectivity index (χ2n) is 4.89. The molecule has 3 nitrogen and oxygen atoms in total. The lowest BCUT2D eigenvalue weighted by atomic mass is 9.99. The zero-order valence-corrected chi connectivity index (χ0v) is 10.6. The number of aryl methyl sites for hydroxylation is 1. The Hall–Kier alpha value is -1.42. The zero-order chi connectivity index (χ0) is 13.0. The molecule has 1 aliphatic rings. The fourth-order valence-corrected chi connectivity index (χ4v) is 2.17. The third kappa shape index (κ3) is 3.29. The van der Waals surface area contributed by atoms with Crippen LogP contribution in [-0.2, 0) is 0 Å². The number of benzene rings is 1. The van der Waals surface area contributed by atoms with Crippen molar-refractivity contribution in [2.24, 2.45) is 5.92 Å². The van der Waals surface area contributed by atoms with Crippen molar-refractivity contribution in [2.45, 2.75) is 19.8 Å². The van der Waals surface area contributed by atoms with Gasteiger partial charge in [-0.3, -0.25) is 4.79 Å². The third-order valence-electron chi connectivity index (χ3n) is 3.38. The molecule has 0 saturated carbocycles. The summed E-state index contributed by atoms with van der Waals surface area (Å²) in [6.07, 6.45) is 2.29. The van der Waals surface area contributed by atoms with Gasteiger partial charge in [0.05, 0.1) is 0 Å². The molecule has 1 amide bonds. The lowest BCUT2D eigenvalue weighted by Crippen LogP contribution is -2.38. The molecule has 0 aliphatic carbocycles. The van der Waals surface area contributed by atoms with Gasteiger partial charge in [-0.1, -0.05) is 6.07 Å². The number of carbonyl (C=O) groups excluding carboxylic acids is 1. The summed E-state index contributed by atoms with van der Waals surface area (Å²) in [4.78, 5) is 11.9. The molecule has 0 radical (unpaired) electrons. The largest absolute Gasteiger partial charge is 0.352 e. The predicted molar refractivity (Wildman–Crippen MR) is 69.1 cm³/mol. The van der Waals surface area contributed by atoms with Crippen LogP contribution in [0.4, 0.5) is 4.39 Å². The molecule has 1 fully saturated rings. The van der Waals surface area contributed by atoms with Crippen molar-refractivity contribution in [2.75, 3.05) is 19.6 Å². The SMILES string of the molecule is Cc1ccc(C(=O)NCC2CCCNC2)cc1F. The van der Waals surface area contributed by atoms with Gasteiger partial charge in [0, 0.05) is 12.1 Å². The average Bonchev–Trinajstić information content (AvgIpc) is 2.40. The minimum atomic E-state index is -0.331. The lowest BCUT2D eigenvalue weighted by molar-refractivity contribution is 0.0944. The van der Waals surface area contributed by atoms with E-state index in [2.05, 4.69) is 10.6 Å². The van der Waals surface area contributed by atoms with E-state index < -0.39 is 0 Å². The Bertz CT molecular complexity index is 428. The lowest BCUT2D eigenvalue weighted by Gasteiger charge is -2.22. The van der Waals surface area contributed by atoms with Crippen LogP contribution in [0, 0.1) is 18.7 Å². The van der Waals surface area contributed by atoms with Crippen molar-refractivity contribution in [3.05, 3.63) is 35.1 Å². The van der Waals surface area contributed by atoms with Crippen LogP contribution in [0.5, 0.6) is 0 Å². The van der Waals surface area contributed by atoms with Crippen LogP contribution in [0.25, 0.3) is 0 Å². The molecule has 1 heterocycles. The fraction of sp³-hybridized carbons (Fsp3) is 0.500. The highest BCUT2D eigenvalue weighted by Gasteiger charge is 2.14. The predicted octanol–water partition coefficient (Wildman–Crippen LogP) is 1.86. The first-order valence-electron chi connectivity index (χ1n) is 6.42. The topological polar surface area (TPSA) is 41.1 Å². The van der Waals surface area contributed by atoms with Crippen LogP contribution in [-0.4, -0.2) is 25.5 Å². The number of nitrogens with one attached hydrogen (secondary N) is 2. The Balaban J connectivity index is 1.88. The zero-order valence-electron chi connectivity index (χ0n) is 10.6. The van der Waals surface area contributed by atoms with Gasteiger partial charge in [0.2, 0.25) is 0 Å². The van der Waals surface area contributed by atoms with Crippen molar-refractivity contribution >= 4 is 5.91 Å². The van der Waals surface area contributed by atoms with E-state index in [9.17, 15) is 9.18 Å². The Morgan fingerprint density at radius 1 is 1.56 bits per heavy atom. The van der Waals surface area contributed by atoms with Gasteiger partial charge in [0.1, 0.15) is 5.82 Å². The Morgan fingerprint density at radius 2 is 2.39 bits per heavy atom. The maximum absolute atomic E-state index is 13.3. The average molecular weight is 250 g/mol. The maximum Gasteiger partial charge on any atom is 0.251 e. The van der Waals surface area contributed by atoms with E-state index in [1.165, 1.54) is 6.07 Å². The molecule has 98 valence electrons. The van der Waals surface area contributed by atoms with Crippen LogP contribution in [0.1, 0.15) is 28.8 Å². The van der Waals surface area contributed by atoms with Crippen molar-refractivity contribution in [1.29, 1.82) is 0 Å². The summed E-state index contributed by atoms with van der Waals surface area (Å²) in [7, 11) is 0. The molecule has 2 rings (SSSR count). The molecule has 1 aromatic carbocycles. The fourth-order valence-electron chi connectivity index (χ4n) is 2.17. The van der Waals surface area contributed by atoms with E-state index in [1.54, 1.807) is 19.1 Å². The van der Waals surface area contributed by atoms with Crippen molar-refractivity contribution < 1.29 is 9.18 Å². The molecule has 0 aromatic heterocycles. The molecule has 1 unspecified atom stereocenters. The number of rotatable bonds is 3. The molecule has 1 atom stereocenters. The van der Waals surface area contributed by atoms with E-state index in [4.69, 9.17) is 0 Å². The highest BCUT2D eigenvalue weighted by Crippen LogP contribution is 2.11. The standard InChI is InChI=1S/C14H19FN2O/c1-10-4-5-12(7-13(10)15)14(18)17-9-11-3-2-6-16-8-11/h4-5,7,11,16H,2-3,6,8-9H2,1H3,(H,17,18). The summed E-state index contributed by atoms with van der Waals surface area (Å²) in [5, 5.41) is 6.17. The van der Waals surface area contributed by atoms with Crippen molar-refractivity contribution in [1.82, 2.24) is 10.6 Å². The number of halogens is 1. The summed E-state index contributed by atoms with van der Waals surface area (Å²) in [5.74, 6) is -0.0422. The number of carbonyl (C=O) groups is 1. The summed E-state index contributed by atoms with van der Waals surface area (Å²) in [6.45, 7) is 4.35. The smallest absolute Gasteiger partial charge is 0.251 e. The Kier molecular flexibility index (Phi) is 4.31. The molecule has 1 aliphatic heterocycles. The molecule has 18 heavy (non-hydrogen) atoms. The second-order valence-corrected chi connectivity index (χ2v) is 4.89. The van der Waals surface area contributed by atoms with Gasteiger partial charge < -0.3 is 10.6 Å². The first kappa shape index (κ1) is 13.0. The molecule has 4 heteroatoms. The van der Waals surface area contributed by atoms with Crippen molar-refractivity contribution in [3.8, 4) is 0 Å². The normalized spacial score (nSPS) is 19.6. The Labute approximate surface area is 107 Å². The molecule has 2 N–H and O–H groups in total. The van der Waals surface area contributed by atoms with E-state index in [0.29, 0.717) is 23.6 Å². The van der Waals surface area contributed by atoms with Gasteiger partial charge in [-0.05, 0) is 56.5 Å². The van der Waals surface area contributed by atoms with E-state index >= 15 is 0 Å². The van der Waals surface area contributed by atoms with E-state index in [1.807, 2.05) is 0 Å². The summed E-state index contributed by atoms with van der Waals surface area (Å²) in [5.41, 5.74) is 0.949. The third-order valence-corrected chi connectivity index (χ3v) is 3.38. The van der Waals surface area contributed by atoms with Crippen LogP contribution in [0.3, 0.4) is 0 Å². The molecule has 0 spiro atoms. The highest BCUT2D eigenvalue weighted by molar-refractivity contribution is 5.94. The quantitative estimate of drug-likeness (QED) is 0.859. The maximum atomic E-state index is 13.3. The van der Waals surface area contributed by atoms with Crippen LogP contribution < -0.4 is 10.6 Å². The molecular formula is C14H19FN2O. The van der Waals surface area contributed by atoms with Crippen molar-refractivity contribution in [3.63, 3.8) is 0 Å². The van der Waals surface area contributed by atoms with Crippen LogP contribution in [0.15, 0.2) is 18.2 Å². The van der Waals surface area contributed by atoms with Gasteiger partial charge in [0.25, 0.3) is 5.91 Å². The first-order valence-corrected chi connectivity index (χ1v) is 6.42. The number of hydrogen-bond donors (Lipinski definition) is 2. The number of piperidine rings is 1. The van der Waals surface area contributed by atoms with Gasteiger partial charge in [0.15, 0.2) is 0 Å². The summed E-state index contributed by atoms with van der Waals surface area (Å²) in [6, 6.07) is 4.59. The molecule has 1 aromatic rings. The molecule has 0 bridgehead atoms. The van der Waals surface area contributed by atoms with Crippen LogP contribution >= 0.6 is 0 Å². The molecular weight excluding hydrogens is 231 g/mol. The highest BCUT2D eigenvalue weighted by atomic mass is 19.1. The summed E-state index contributed by atoms with van der Waals surface area (Å²) >= 11 is 0. The van der Waals surface area contributed by atoms with Gasteiger partial charge in [-0.15, -0.1) is 0 Å². The minimum absolute atomic E-state index is 0.195. The number of hydrogen-bond acceptors (Lipinski definition) is 2. The Morgan fingerprint density at radius 3 is 3.06 bits per heavy atom. The van der Waals surface area contributed by atoms with Gasteiger partial charge in [-0.2, -0.15) is 0 Å². The van der Waals surface area contributed by atoms with Gasteiger partial charge >= 0.3 is 0 Å². The molecule has 1 saturated heterocycles.